The molecule has 1 aliphatic rings. The first-order valence-corrected chi connectivity index (χ1v) is 10.3. The molecule has 0 radical (unpaired) electrons. The standard InChI is InChI=1S/C21H21N3O5S/c1-4-16-19(14-8-6-9-15(12-14)24(27)28)18(21(26)29-5-2)13(3)23(22-16)20(25)17-10-7-11-30-17/h6-12,19H,4-5H2,1-3H3. The lowest BCUT2D eigenvalue weighted by Gasteiger charge is -2.32. The Bertz CT molecular complexity index is 1040. The summed E-state index contributed by atoms with van der Waals surface area (Å²) in [6.07, 6.45) is 0.442. The van der Waals surface area contributed by atoms with E-state index in [1.54, 1.807) is 43.5 Å². The zero-order valence-corrected chi connectivity index (χ0v) is 17.6. The van der Waals surface area contributed by atoms with E-state index in [1.807, 2.05) is 6.92 Å². The molecule has 0 spiro atoms. The average Bonchev–Trinajstić information content (AvgIpc) is 3.28. The van der Waals surface area contributed by atoms with E-state index in [0.29, 0.717) is 28.3 Å². The van der Waals surface area contributed by atoms with Crippen molar-refractivity contribution in [3.8, 4) is 0 Å². The van der Waals surface area contributed by atoms with E-state index in [9.17, 15) is 19.7 Å². The molecule has 1 aromatic carbocycles. The number of rotatable bonds is 6. The number of esters is 1. The maximum absolute atomic E-state index is 13.0. The molecule has 3 rings (SSSR count). The van der Waals surface area contributed by atoms with Crippen molar-refractivity contribution in [2.45, 2.75) is 33.1 Å². The van der Waals surface area contributed by atoms with Crippen molar-refractivity contribution in [3.05, 3.63) is 73.6 Å². The van der Waals surface area contributed by atoms with Gasteiger partial charge in [0.2, 0.25) is 0 Å². The normalized spacial score (nSPS) is 16.3. The van der Waals surface area contributed by atoms with Gasteiger partial charge in [0.15, 0.2) is 0 Å². The van der Waals surface area contributed by atoms with E-state index in [0.717, 1.165) is 0 Å². The minimum Gasteiger partial charge on any atom is -0.463 e. The van der Waals surface area contributed by atoms with Crippen molar-refractivity contribution < 1.29 is 19.2 Å². The number of carbonyl (C=O) groups is 2. The molecule has 1 aliphatic heterocycles. The lowest BCUT2D eigenvalue weighted by atomic mass is 9.83. The third kappa shape index (κ3) is 4.02. The summed E-state index contributed by atoms with van der Waals surface area (Å²) in [5.74, 6) is -1.55. The number of benzene rings is 1. The van der Waals surface area contributed by atoms with Crippen molar-refractivity contribution in [2.75, 3.05) is 6.61 Å². The molecule has 1 amide bonds. The second-order valence-corrected chi connectivity index (χ2v) is 7.49. The summed E-state index contributed by atoms with van der Waals surface area (Å²) in [5, 5.41) is 18.8. The van der Waals surface area contributed by atoms with Gasteiger partial charge >= 0.3 is 5.97 Å². The second kappa shape index (κ2) is 9.00. The van der Waals surface area contributed by atoms with Gasteiger partial charge in [0.05, 0.1) is 39.3 Å². The zero-order valence-electron chi connectivity index (χ0n) is 16.8. The minimum atomic E-state index is -0.638. The molecule has 30 heavy (non-hydrogen) atoms. The number of carbonyl (C=O) groups excluding carboxylic acids is 2. The highest BCUT2D eigenvalue weighted by atomic mass is 32.1. The zero-order chi connectivity index (χ0) is 21.8. The van der Waals surface area contributed by atoms with Crippen LogP contribution in [0.25, 0.3) is 0 Å². The number of hydrogen-bond acceptors (Lipinski definition) is 7. The number of ether oxygens (including phenoxy) is 1. The van der Waals surface area contributed by atoms with Gasteiger partial charge in [-0.1, -0.05) is 25.1 Å². The molecule has 0 N–H and O–H groups in total. The van der Waals surface area contributed by atoms with Crippen LogP contribution in [0.15, 0.2) is 58.1 Å². The van der Waals surface area contributed by atoms with Crippen LogP contribution in [0.1, 0.15) is 48.3 Å². The summed E-state index contributed by atoms with van der Waals surface area (Å²) >= 11 is 1.28. The van der Waals surface area contributed by atoms with Gasteiger partial charge in [0.25, 0.3) is 11.6 Å². The third-order valence-corrected chi connectivity index (χ3v) is 5.61. The van der Waals surface area contributed by atoms with E-state index in [1.165, 1.54) is 28.5 Å². The molecule has 2 aromatic rings. The Morgan fingerprint density at radius 2 is 2.03 bits per heavy atom. The van der Waals surface area contributed by atoms with Crippen LogP contribution in [-0.2, 0) is 9.53 Å². The van der Waals surface area contributed by atoms with Gasteiger partial charge < -0.3 is 4.74 Å². The molecule has 0 fully saturated rings. The van der Waals surface area contributed by atoms with Gasteiger partial charge in [-0.05, 0) is 37.3 Å². The molecule has 2 heterocycles. The van der Waals surface area contributed by atoms with Crippen LogP contribution in [0.5, 0.6) is 0 Å². The Morgan fingerprint density at radius 3 is 2.63 bits per heavy atom. The van der Waals surface area contributed by atoms with Crippen LogP contribution in [-0.4, -0.2) is 34.1 Å². The van der Waals surface area contributed by atoms with E-state index < -0.39 is 16.8 Å². The molecule has 156 valence electrons. The van der Waals surface area contributed by atoms with Crippen LogP contribution in [0, 0.1) is 10.1 Å². The highest BCUT2D eigenvalue weighted by molar-refractivity contribution is 7.12. The number of hydrogen-bond donors (Lipinski definition) is 0. The summed E-state index contributed by atoms with van der Waals surface area (Å²) in [7, 11) is 0. The summed E-state index contributed by atoms with van der Waals surface area (Å²) < 4.78 is 5.27. The van der Waals surface area contributed by atoms with Crippen molar-refractivity contribution >= 4 is 34.6 Å². The summed E-state index contributed by atoms with van der Waals surface area (Å²) in [4.78, 5) is 37.2. The lowest BCUT2D eigenvalue weighted by Crippen LogP contribution is -2.36. The maximum atomic E-state index is 13.0. The number of hydrazone groups is 1. The van der Waals surface area contributed by atoms with E-state index in [-0.39, 0.29) is 23.8 Å². The Labute approximate surface area is 177 Å². The first kappa shape index (κ1) is 21.4. The van der Waals surface area contributed by atoms with Crippen LogP contribution < -0.4 is 0 Å². The second-order valence-electron chi connectivity index (χ2n) is 6.54. The van der Waals surface area contributed by atoms with Crippen molar-refractivity contribution in [3.63, 3.8) is 0 Å². The third-order valence-electron chi connectivity index (χ3n) is 4.75. The van der Waals surface area contributed by atoms with Crippen molar-refractivity contribution in [2.24, 2.45) is 5.10 Å². The van der Waals surface area contributed by atoms with Crippen LogP contribution >= 0.6 is 11.3 Å². The van der Waals surface area contributed by atoms with Crippen molar-refractivity contribution in [1.82, 2.24) is 5.01 Å². The predicted octanol–water partition coefficient (Wildman–Crippen LogP) is 4.50. The highest BCUT2D eigenvalue weighted by Crippen LogP contribution is 2.37. The Morgan fingerprint density at radius 1 is 1.27 bits per heavy atom. The molecule has 8 nitrogen and oxygen atoms in total. The molecule has 0 saturated heterocycles. The fourth-order valence-corrected chi connectivity index (χ4v) is 4.03. The topological polar surface area (TPSA) is 102 Å². The van der Waals surface area contributed by atoms with Gasteiger partial charge in [0.1, 0.15) is 0 Å². The smallest absolute Gasteiger partial charge is 0.336 e. The van der Waals surface area contributed by atoms with Gasteiger partial charge in [0, 0.05) is 12.1 Å². The molecule has 0 bridgehead atoms. The lowest BCUT2D eigenvalue weighted by molar-refractivity contribution is -0.384. The number of thiophene rings is 1. The first-order chi connectivity index (χ1) is 14.4. The SMILES string of the molecule is CCOC(=O)C1=C(C)N(C(=O)c2cccs2)N=C(CC)C1c1cccc([N+](=O)[O-])c1. The van der Waals surface area contributed by atoms with Gasteiger partial charge in [-0.3, -0.25) is 14.9 Å². The Balaban J connectivity index is 2.17. The molecule has 1 atom stereocenters. The molecule has 9 heteroatoms. The average molecular weight is 427 g/mol. The first-order valence-electron chi connectivity index (χ1n) is 9.46. The fourth-order valence-electron chi connectivity index (χ4n) is 3.38. The quantitative estimate of drug-likeness (QED) is 0.384. The number of amides is 1. The fraction of sp³-hybridized carbons (Fsp3) is 0.286. The summed E-state index contributed by atoms with van der Waals surface area (Å²) in [6.45, 7) is 5.36. The van der Waals surface area contributed by atoms with Crippen molar-refractivity contribution in [1.29, 1.82) is 0 Å². The predicted molar refractivity (Wildman–Crippen MR) is 113 cm³/mol. The molecule has 1 aromatic heterocycles. The summed E-state index contributed by atoms with van der Waals surface area (Å²) in [6, 6.07) is 9.57. The van der Waals surface area contributed by atoms with Crippen LogP contribution in [0.3, 0.4) is 0 Å². The maximum Gasteiger partial charge on any atom is 0.336 e. The summed E-state index contributed by atoms with van der Waals surface area (Å²) in [5.41, 5.74) is 1.63. The number of nitro benzene ring substituents is 1. The van der Waals surface area contributed by atoms with Crippen LogP contribution in [0.4, 0.5) is 5.69 Å². The van der Waals surface area contributed by atoms with Gasteiger partial charge in [-0.25, -0.2) is 4.79 Å². The Kier molecular flexibility index (Phi) is 6.41. The highest BCUT2D eigenvalue weighted by Gasteiger charge is 2.37. The molecule has 0 aliphatic carbocycles. The molecular formula is C21H21N3O5S. The molecule has 1 unspecified atom stereocenters. The number of nitrogens with zero attached hydrogens (tertiary/aromatic N) is 3. The van der Waals surface area contributed by atoms with E-state index in [4.69, 9.17) is 4.74 Å². The Hall–Kier alpha value is -3.33. The van der Waals surface area contributed by atoms with Gasteiger partial charge in [-0.2, -0.15) is 10.1 Å². The molecular weight excluding hydrogens is 406 g/mol. The monoisotopic (exact) mass is 427 g/mol. The number of allylic oxidation sites excluding steroid dienone is 1. The van der Waals surface area contributed by atoms with Gasteiger partial charge in [-0.15, -0.1) is 11.3 Å². The largest absolute Gasteiger partial charge is 0.463 e. The minimum absolute atomic E-state index is 0.0825. The molecule has 0 saturated carbocycles. The number of nitro groups is 1. The number of non-ortho nitro benzene ring substituents is 1. The van der Waals surface area contributed by atoms with E-state index in [2.05, 4.69) is 5.10 Å². The van der Waals surface area contributed by atoms with E-state index >= 15 is 0 Å². The van der Waals surface area contributed by atoms with Crippen LogP contribution in [0.2, 0.25) is 0 Å².